The van der Waals surface area contributed by atoms with Gasteiger partial charge in [0.2, 0.25) is 0 Å². The monoisotopic (exact) mass is 336 g/mol. The third kappa shape index (κ3) is 2.87. The van der Waals surface area contributed by atoms with Crippen molar-refractivity contribution in [3.05, 3.63) is 65.4 Å². The first-order valence-electron chi connectivity index (χ1n) is 8.32. The summed E-state index contributed by atoms with van der Waals surface area (Å²) < 4.78 is 5.76. The molecule has 1 aromatic heterocycles. The number of nitrogens with one attached hydrogen (secondary N) is 2. The van der Waals surface area contributed by atoms with E-state index in [4.69, 9.17) is 4.74 Å². The zero-order chi connectivity index (χ0) is 17.4. The molecule has 0 spiro atoms. The molecule has 1 amide bonds. The van der Waals surface area contributed by atoms with Gasteiger partial charge in [0.1, 0.15) is 23.6 Å². The Hall–Kier alpha value is -2.79. The quantitative estimate of drug-likeness (QED) is 0.688. The lowest BCUT2D eigenvalue weighted by molar-refractivity contribution is 0.0650. The molecule has 0 aliphatic carbocycles. The molecule has 1 aliphatic heterocycles. The Morgan fingerprint density at radius 1 is 1.28 bits per heavy atom. The Labute approximate surface area is 145 Å². The van der Waals surface area contributed by atoms with Crippen LogP contribution in [0.4, 0.5) is 0 Å². The van der Waals surface area contributed by atoms with Crippen molar-refractivity contribution in [3.63, 3.8) is 0 Å². The standard InChI is InChI=1S/C20H20N2O3/c1-13-6-7-16-15(8-13)9-17(21-16)19(24)22-20(11-23)10-14-4-2-3-5-18(14)25-12-20/h2-9,21,23H,10-12H2,1H3,(H,22,24). The molecular weight excluding hydrogens is 316 g/mol. The second-order valence-corrected chi connectivity index (χ2v) is 6.74. The molecule has 1 aliphatic rings. The molecule has 25 heavy (non-hydrogen) atoms. The van der Waals surface area contributed by atoms with Crippen molar-refractivity contribution in [2.75, 3.05) is 13.2 Å². The first-order chi connectivity index (χ1) is 12.1. The fourth-order valence-corrected chi connectivity index (χ4v) is 3.33. The van der Waals surface area contributed by atoms with Crippen LogP contribution >= 0.6 is 0 Å². The number of aryl methyl sites for hydroxylation is 1. The van der Waals surface area contributed by atoms with Gasteiger partial charge in [-0.05, 0) is 36.8 Å². The summed E-state index contributed by atoms with van der Waals surface area (Å²) in [5.74, 6) is 0.563. The SMILES string of the molecule is Cc1ccc2[nH]c(C(=O)NC3(CO)COc4ccccc4C3)cc2c1. The summed E-state index contributed by atoms with van der Waals surface area (Å²) in [6, 6.07) is 15.5. The number of rotatable bonds is 3. The van der Waals surface area contributed by atoms with Crippen LogP contribution < -0.4 is 10.1 Å². The normalized spacial score (nSPS) is 19.3. The predicted octanol–water partition coefficient (Wildman–Crippen LogP) is 2.57. The van der Waals surface area contributed by atoms with Crippen LogP contribution in [0.2, 0.25) is 0 Å². The maximum atomic E-state index is 12.7. The fraction of sp³-hybridized carbons (Fsp3) is 0.250. The van der Waals surface area contributed by atoms with Gasteiger partial charge in [-0.25, -0.2) is 0 Å². The first kappa shape index (κ1) is 15.7. The minimum Gasteiger partial charge on any atom is -0.491 e. The summed E-state index contributed by atoms with van der Waals surface area (Å²) in [7, 11) is 0. The van der Waals surface area contributed by atoms with Crippen molar-refractivity contribution in [1.29, 1.82) is 0 Å². The maximum Gasteiger partial charge on any atom is 0.268 e. The number of amides is 1. The summed E-state index contributed by atoms with van der Waals surface area (Å²) in [6.45, 7) is 2.07. The summed E-state index contributed by atoms with van der Waals surface area (Å²) in [6.07, 6.45) is 0.532. The summed E-state index contributed by atoms with van der Waals surface area (Å²) in [5.41, 5.74) is 2.70. The highest BCUT2D eigenvalue weighted by Gasteiger charge is 2.37. The predicted molar refractivity (Wildman–Crippen MR) is 96.0 cm³/mol. The molecule has 0 saturated carbocycles. The van der Waals surface area contributed by atoms with Crippen LogP contribution in [-0.2, 0) is 6.42 Å². The molecule has 5 heteroatoms. The van der Waals surface area contributed by atoms with E-state index in [-0.39, 0.29) is 19.1 Å². The van der Waals surface area contributed by atoms with E-state index in [9.17, 15) is 9.90 Å². The number of ether oxygens (including phenoxy) is 1. The van der Waals surface area contributed by atoms with Gasteiger partial charge in [-0.1, -0.05) is 29.8 Å². The fourth-order valence-electron chi connectivity index (χ4n) is 3.33. The summed E-state index contributed by atoms with van der Waals surface area (Å²) in [5, 5.41) is 13.9. The molecule has 5 nitrogen and oxygen atoms in total. The summed E-state index contributed by atoms with van der Waals surface area (Å²) >= 11 is 0. The number of carbonyl (C=O) groups is 1. The van der Waals surface area contributed by atoms with E-state index in [0.29, 0.717) is 12.1 Å². The number of aliphatic hydroxyl groups excluding tert-OH is 1. The smallest absolute Gasteiger partial charge is 0.268 e. The van der Waals surface area contributed by atoms with E-state index in [1.165, 1.54) is 0 Å². The molecule has 128 valence electrons. The molecule has 3 N–H and O–H groups in total. The van der Waals surface area contributed by atoms with E-state index in [0.717, 1.165) is 27.8 Å². The van der Waals surface area contributed by atoms with Crippen molar-refractivity contribution >= 4 is 16.8 Å². The van der Waals surface area contributed by atoms with Gasteiger partial charge in [-0.3, -0.25) is 4.79 Å². The van der Waals surface area contributed by atoms with Crippen molar-refractivity contribution in [2.45, 2.75) is 18.9 Å². The molecule has 0 fully saturated rings. The summed E-state index contributed by atoms with van der Waals surface area (Å²) in [4.78, 5) is 15.9. The second kappa shape index (κ2) is 5.93. The average molecular weight is 336 g/mol. The molecule has 2 heterocycles. The number of aromatic amines is 1. The van der Waals surface area contributed by atoms with Gasteiger partial charge in [0.05, 0.1) is 6.61 Å². The number of fused-ring (bicyclic) bond motifs is 2. The zero-order valence-corrected chi connectivity index (χ0v) is 14.0. The molecule has 4 rings (SSSR count). The van der Waals surface area contributed by atoms with Crippen molar-refractivity contribution in [1.82, 2.24) is 10.3 Å². The molecule has 0 saturated heterocycles. The van der Waals surface area contributed by atoms with Crippen LogP contribution in [-0.4, -0.2) is 34.8 Å². The Morgan fingerprint density at radius 3 is 2.96 bits per heavy atom. The van der Waals surface area contributed by atoms with Gasteiger partial charge in [-0.2, -0.15) is 0 Å². The van der Waals surface area contributed by atoms with E-state index in [2.05, 4.69) is 10.3 Å². The Bertz CT molecular complexity index is 947. The van der Waals surface area contributed by atoms with Crippen molar-refractivity contribution in [3.8, 4) is 5.75 Å². The number of benzene rings is 2. The molecule has 0 radical (unpaired) electrons. The molecule has 3 aromatic rings. The molecule has 1 unspecified atom stereocenters. The van der Waals surface area contributed by atoms with Crippen LogP contribution in [0.15, 0.2) is 48.5 Å². The lowest BCUT2D eigenvalue weighted by Gasteiger charge is -2.37. The van der Waals surface area contributed by atoms with Crippen LogP contribution in [0.5, 0.6) is 5.75 Å². The van der Waals surface area contributed by atoms with Crippen LogP contribution in [0.1, 0.15) is 21.6 Å². The molecule has 1 atom stereocenters. The largest absolute Gasteiger partial charge is 0.491 e. The number of carbonyl (C=O) groups excluding carboxylic acids is 1. The minimum absolute atomic E-state index is 0.188. The number of H-pyrrole nitrogens is 1. The number of hydrogen-bond donors (Lipinski definition) is 3. The highest BCUT2D eigenvalue weighted by molar-refractivity contribution is 5.98. The Balaban J connectivity index is 1.60. The third-order valence-corrected chi connectivity index (χ3v) is 4.71. The van der Waals surface area contributed by atoms with Crippen LogP contribution in [0, 0.1) is 6.92 Å². The first-order valence-corrected chi connectivity index (χ1v) is 8.32. The van der Waals surface area contributed by atoms with E-state index in [1.54, 1.807) is 0 Å². The molecular formula is C20H20N2O3. The average Bonchev–Trinajstić information content (AvgIpc) is 3.05. The van der Waals surface area contributed by atoms with Crippen molar-refractivity contribution < 1.29 is 14.6 Å². The van der Waals surface area contributed by atoms with Gasteiger partial charge in [0, 0.05) is 17.3 Å². The van der Waals surface area contributed by atoms with E-state index < -0.39 is 5.54 Å². The Kier molecular flexibility index (Phi) is 3.73. The number of para-hydroxylation sites is 1. The molecule has 2 aromatic carbocycles. The molecule has 0 bridgehead atoms. The lowest BCUT2D eigenvalue weighted by Crippen LogP contribution is -2.58. The van der Waals surface area contributed by atoms with Gasteiger partial charge in [0.15, 0.2) is 0 Å². The van der Waals surface area contributed by atoms with E-state index >= 15 is 0 Å². The van der Waals surface area contributed by atoms with Crippen LogP contribution in [0.3, 0.4) is 0 Å². The third-order valence-electron chi connectivity index (χ3n) is 4.71. The van der Waals surface area contributed by atoms with Gasteiger partial charge >= 0.3 is 0 Å². The van der Waals surface area contributed by atoms with Gasteiger partial charge in [0.25, 0.3) is 5.91 Å². The highest BCUT2D eigenvalue weighted by atomic mass is 16.5. The maximum absolute atomic E-state index is 12.7. The number of aliphatic hydroxyl groups is 1. The topological polar surface area (TPSA) is 74.4 Å². The minimum atomic E-state index is -0.821. The zero-order valence-electron chi connectivity index (χ0n) is 14.0. The van der Waals surface area contributed by atoms with Crippen molar-refractivity contribution in [2.24, 2.45) is 0 Å². The Morgan fingerprint density at radius 2 is 2.12 bits per heavy atom. The highest BCUT2D eigenvalue weighted by Crippen LogP contribution is 2.29. The number of aromatic nitrogens is 1. The van der Waals surface area contributed by atoms with Crippen LogP contribution in [0.25, 0.3) is 10.9 Å². The van der Waals surface area contributed by atoms with E-state index in [1.807, 2.05) is 55.5 Å². The number of hydrogen-bond acceptors (Lipinski definition) is 3. The van der Waals surface area contributed by atoms with Gasteiger partial charge < -0.3 is 20.1 Å². The van der Waals surface area contributed by atoms with Gasteiger partial charge in [-0.15, -0.1) is 0 Å². The lowest BCUT2D eigenvalue weighted by atomic mass is 9.89. The second-order valence-electron chi connectivity index (χ2n) is 6.74.